The van der Waals surface area contributed by atoms with Crippen LogP contribution in [0.5, 0.6) is 0 Å². The minimum absolute atomic E-state index is 0. The molecule has 5 atom stereocenters. The van der Waals surface area contributed by atoms with Crippen molar-refractivity contribution in [3.63, 3.8) is 0 Å². The first kappa shape index (κ1) is 28.2. The zero-order valence-electron chi connectivity index (χ0n) is 20.0. The van der Waals surface area contributed by atoms with Crippen molar-refractivity contribution >= 4 is 40.2 Å². The van der Waals surface area contributed by atoms with Gasteiger partial charge in [0.15, 0.2) is 5.96 Å². The first-order valence-electron chi connectivity index (χ1n) is 12.1. The van der Waals surface area contributed by atoms with E-state index in [0.717, 1.165) is 0 Å². The van der Waals surface area contributed by atoms with E-state index in [4.69, 9.17) is 11.1 Å². The quantitative estimate of drug-likeness (QED) is 0.253. The van der Waals surface area contributed by atoms with Crippen LogP contribution < -0.4 is 15.8 Å². The normalized spacial score (nSPS) is 28.6. The van der Waals surface area contributed by atoms with Crippen LogP contribution in [0.3, 0.4) is 0 Å². The zero-order chi connectivity index (χ0) is 25.2. The van der Waals surface area contributed by atoms with E-state index < -0.39 is 34.4 Å². The average Bonchev–Trinajstić information content (AvgIpc) is 3.17. The second kappa shape index (κ2) is 11.8. The predicted molar refractivity (Wildman–Crippen MR) is 137 cm³/mol. The minimum atomic E-state index is -3.76. The fourth-order valence-electron chi connectivity index (χ4n) is 5.45. The van der Waals surface area contributed by atoms with Crippen LogP contribution in [0.2, 0.25) is 0 Å². The molecule has 13 heteroatoms. The number of nitrogens with zero attached hydrogens (tertiary/aromatic N) is 2. The van der Waals surface area contributed by atoms with Crippen molar-refractivity contribution in [2.75, 3.05) is 6.54 Å². The van der Waals surface area contributed by atoms with Crippen LogP contribution in [0.15, 0.2) is 30.3 Å². The topological polar surface area (TPSA) is 169 Å². The lowest BCUT2D eigenvalue weighted by Crippen LogP contribution is -2.61. The highest BCUT2D eigenvalue weighted by Gasteiger charge is 2.46. The molecule has 2 amide bonds. The molecule has 36 heavy (non-hydrogen) atoms. The maximum atomic E-state index is 13.5. The van der Waals surface area contributed by atoms with E-state index in [1.54, 1.807) is 35.2 Å². The number of aliphatic hydroxyl groups excluding tert-OH is 1. The SMILES string of the molecule is Cl.N=C(N)N1CCC[C@H](NC(=O)[C@@H]2CC[C@@H]3CCC[C@H](NS(=O)(=O)Cc4ccccc4)C(=O)N32)C1O. The molecule has 11 nitrogen and oxygen atoms in total. The smallest absolute Gasteiger partial charge is 0.243 e. The molecule has 0 aromatic heterocycles. The van der Waals surface area contributed by atoms with Gasteiger partial charge in [-0.3, -0.25) is 15.0 Å². The van der Waals surface area contributed by atoms with Gasteiger partial charge in [-0.15, -0.1) is 12.4 Å². The highest BCUT2D eigenvalue weighted by Crippen LogP contribution is 2.32. The summed E-state index contributed by atoms with van der Waals surface area (Å²) < 4.78 is 28.2. The molecule has 3 aliphatic heterocycles. The van der Waals surface area contributed by atoms with Crippen molar-refractivity contribution in [2.24, 2.45) is 5.73 Å². The summed E-state index contributed by atoms with van der Waals surface area (Å²) >= 11 is 0. The number of carbonyl (C=O) groups is 2. The van der Waals surface area contributed by atoms with E-state index in [-0.39, 0.29) is 42.0 Å². The van der Waals surface area contributed by atoms with Gasteiger partial charge in [0.05, 0.1) is 11.8 Å². The summed E-state index contributed by atoms with van der Waals surface area (Å²) in [5.74, 6) is -1.23. The van der Waals surface area contributed by atoms with Gasteiger partial charge in [0.25, 0.3) is 0 Å². The largest absolute Gasteiger partial charge is 0.371 e. The molecular formula is C23H35ClN6O5S. The summed E-state index contributed by atoms with van der Waals surface area (Å²) in [7, 11) is -3.76. The molecule has 0 radical (unpaired) electrons. The van der Waals surface area contributed by atoms with Crippen molar-refractivity contribution in [2.45, 2.75) is 81.1 Å². The van der Waals surface area contributed by atoms with Crippen LogP contribution in [0.4, 0.5) is 0 Å². The Labute approximate surface area is 217 Å². The highest BCUT2D eigenvalue weighted by molar-refractivity contribution is 7.88. The highest BCUT2D eigenvalue weighted by atomic mass is 35.5. The number of carbonyl (C=O) groups excluding carboxylic acids is 2. The maximum absolute atomic E-state index is 13.5. The third kappa shape index (κ3) is 6.28. The number of amides is 2. The third-order valence-electron chi connectivity index (χ3n) is 7.14. The molecule has 0 aliphatic carbocycles. The number of likely N-dealkylation sites (tertiary alicyclic amines) is 1. The average molecular weight is 543 g/mol. The van der Waals surface area contributed by atoms with Crippen LogP contribution in [0, 0.1) is 5.41 Å². The molecule has 3 fully saturated rings. The van der Waals surface area contributed by atoms with Gasteiger partial charge in [0.2, 0.25) is 21.8 Å². The summed E-state index contributed by atoms with van der Waals surface area (Å²) in [6.07, 6.45) is 2.98. The molecule has 3 heterocycles. The molecule has 1 unspecified atom stereocenters. The van der Waals surface area contributed by atoms with Crippen molar-refractivity contribution in [1.29, 1.82) is 5.41 Å². The van der Waals surface area contributed by atoms with Gasteiger partial charge in [-0.25, -0.2) is 13.1 Å². The fourth-order valence-corrected chi connectivity index (χ4v) is 6.82. The lowest BCUT2D eigenvalue weighted by Gasteiger charge is -2.39. The molecular weight excluding hydrogens is 508 g/mol. The Morgan fingerprint density at radius 1 is 1.11 bits per heavy atom. The molecule has 1 aromatic carbocycles. The lowest BCUT2D eigenvalue weighted by molar-refractivity contribution is -0.142. The van der Waals surface area contributed by atoms with Crippen LogP contribution in [0.25, 0.3) is 0 Å². The summed E-state index contributed by atoms with van der Waals surface area (Å²) in [4.78, 5) is 29.6. The first-order chi connectivity index (χ1) is 16.7. The van der Waals surface area contributed by atoms with Gasteiger partial charge < -0.3 is 26.0 Å². The monoisotopic (exact) mass is 542 g/mol. The van der Waals surface area contributed by atoms with Crippen LogP contribution >= 0.6 is 12.4 Å². The Bertz CT molecular complexity index is 1060. The molecule has 0 spiro atoms. The molecule has 4 rings (SSSR count). The second-order valence-electron chi connectivity index (χ2n) is 9.59. The summed E-state index contributed by atoms with van der Waals surface area (Å²) in [6.45, 7) is 0.434. The molecule has 0 bridgehead atoms. The van der Waals surface area contributed by atoms with Crippen molar-refractivity contribution < 1.29 is 23.1 Å². The standard InChI is InChI=1S/C23H34N6O5S.ClH/c24-23(25)28-13-5-10-17(21(28)31)26-20(30)19-12-11-16-8-4-9-18(22(32)29(16)19)27-35(33,34)14-15-6-2-1-3-7-15;/h1-3,6-7,16-19,21,27,31H,4-5,8-14H2,(H3,24,25)(H,26,30);1H/t16-,17-,18-,19-,21?;/m0./s1. The lowest BCUT2D eigenvalue weighted by atomic mass is 10.0. The number of sulfonamides is 1. The van der Waals surface area contributed by atoms with Gasteiger partial charge in [-0.2, -0.15) is 0 Å². The third-order valence-corrected chi connectivity index (χ3v) is 8.50. The van der Waals surface area contributed by atoms with Crippen LogP contribution in [-0.4, -0.2) is 78.0 Å². The van der Waals surface area contributed by atoms with Crippen LogP contribution in [0.1, 0.15) is 50.5 Å². The second-order valence-corrected chi connectivity index (χ2v) is 11.3. The summed E-state index contributed by atoms with van der Waals surface area (Å²) in [5.41, 5.74) is 6.17. The number of piperidine rings is 1. The van der Waals surface area contributed by atoms with Crippen molar-refractivity contribution in [1.82, 2.24) is 19.8 Å². The Morgan fingerprint density at radius 2 is 1.83 bits per heavy atom. The maximum Gasteiger partial charge on any atom is 0.243 e. The number of guanidine groups is 1. The molecule has 3 saturated heterocycles. The molecule has 3 aliphatic rings. The fraction of sp³-hybridized carbons (Fsp3) is 0.609. The number of benzene rings is 1. The zero-order valence-corrected chi connectivity index (χ0v) is 21.6. The van der Waals surface area contributed by atoms with E-state index in [0.29, 0.717) is 57.1 Å². The number of fused-ring (bicyclic) bond motifs is 1. The molecule has 200 valence electrons. The van der Waals surface area contributed by atoms with Crippen molar-refractivity contribution in [3.05, 3.63) is 35.9 Å². The van der Waals surface area contributed by atoms with Gasteiger partial charge in [-0.1, -0.05) is 30.3 Å². The van der Waals surface area contributed by atoms with Crippen LogP contribution in [-0.2, 0) is 25.4 Å². The number of nitrogens with two attached hydrogens (primary N) is 1. The Morgan fingerprint density at radius 3 is 2.53 bits per heavy atom. The number of nitrogens with one attached hydrogen (secondary N) is 3. The Balaban J connectivity index is 0.00000361. The van der Waals surface area contributed by atoms with E-state index in [2.05, 4.69) is 10.0 Å². The van der Waals surface area contributed by atoms with E-state index >= 15 is 0 Å². The number of halogens is 1. The van der Waals surface area contributed by atoms with Gasteiger partial charge >= 0.3 is 0 Å². The Hall–Kier alpha value is -2.41. The Kier molecular flexibility index (Phi) is 9.20. The van der Waals surface area contributed by atoms with E-state index in [1.165, 1.54) is 4.90 Å². The minimum Gasteiger partial charge on any atom is -0.371 e. The molecule has 1 aromatic rings. The molecule has 6 N–H and O–H groups in total. The van der Waals surface area contributed by atoms with Crippen molar-refractivity contribution in [3.8, 4) is 0 Å². The number of hydrogen-bond donors (Lipinski definition) is 5. The predicted octanol–water partition coefficient (Wildman–Crippen LogP) is 0.232. The first-order valence-corrected chi connectivity index (χ1v) is 13.8. The number of aliphatic hydroxyl groups is 1. The van der Waals surface area contributed by atoms with Gasteiger partial charge in [0, 0.05) is 12.6 Å². The summed E-state index contributed by atoms with van der Waals surface area (Å²) in [6, 6.07) is 6.39. The van der Waals surface area contributed by atoms with Gasteiger partial charge in [-0.05, 0) is 50.5 Å². The van der Waals surface area contributed by atoms with E-state index in [1.807, 2.05) is 0 Å². The summed E-state index contributed by atoms with van der Waals surface area (Å²) in [5, 5.41) is 21.0. The number of hydrogen-bond acceptors (Lipinski definition) is 6. The van der Waals surface area contributed by atoms with Gasteiger partial charge in [0.1, 0.15) is 18.3 Å². The van der Waals surface area contributed by atoms with E-state index in [9.17, 15) is 23.1 Å². The number of rotatable bonds is 6. The molecule has 0 saturated carbocycles.